The minimum Gasteiger partial charge on any atom is -0.356 e. The Morgan fingerprint density at radius 2 is 2.00 bits per heavy atom. The first-order valence-corrected chi connectivity index (χ1v) is 10.0. The zero-order chi connectivity index (χ0) is 19.3. The third kappa shape index (κ3) is 3.98. The zero-order valence-corrected chi connectivity index (χ0v) is 16.1. The Morgan fingerprint density at radius 3 is 2.82 bits per heavy atom. The van der Waals surface area contributed by atoms with E-state index in [1.807, 2.05) is 41.2 Å². The fourth-order valence-corrected chi connectivity index (χ4v) is 3.77. The van der Waals surface area contributed by atoms with E-state index in [-0.39, 0.29) is 11.8 Å². The van der Waals surface area contributed by atoms with Crippen LogP contribution in [0.2, 0.25) is 0 Å². The smallest absolute Gasteiger partial charge is 0.224 e. The van der Waals surface area contributed by atoms with Crippen LogP contribution in [0.25, 0.3) is 16.7 Å². The summed E-state index contributed by atoms with van der Waals surface area (Å²) in [5, 5.41) is 12.0. The molecule has 2 N–H and O–H groups in total. The number of rotatable bonds is 6. The fraction of sp³-hybridized carbons (Fsp3) is 0.429. The molecule has 1 amide bonds. The summed E-state index contributed by atoms with van der Waals surface area (Å²) in [4.78, 5) is 21.2. The Balaban J connectivity index is 1.40. The number of aromatic nitrogens is 4. The predicted octanol–water partition coefficient (Wildman–Crippen LogP) is 3.31. The number of nitrogens with zero attached hydrogens (tertiary/aromatic N) is 4. The van der Waals surface area contributed by atoms with Crippen LogP contribution < -0.4 is 10.6 Å². The molecule has 146 valence electrons. The van der Waals surface area contributed by atoms with Gasteiger partial charge in [0.15, 0.2) is 5.82 Å². The number of hydrogen-bond acceptors (Lipinski definition) is 5. The van der Waals surface area contributed by atoms with E-state index >= 15 is 0 Å². The minimum atomic E-state index is 0.132. The van der Waals surface area contributed by atoms with Crippen LogP contribution in [0.5, 0.6) is 0 Å². The van der Waals surface area contributed by atoms with Crippen LogP contribution in [-0.2, 0) is 4.79 Å². The standard InChI is InChI=1S/C21H26N6O/c1-2-12-22-20(28)15-7-9-17(10-8-15)25-21-23-13-11-19(26-21)27-18-6-4-3-5-16(18)14-24-27/h3-6,11,13-15,17H,2,7-10,12H2,1H3,(H,22,28)(H,23,25,26). The molecule has 1 aliphatic carbocycles. The Bertz CT molecular complexity index is 945. The van der Waals surface area contributed by atoms with Gasteiger partial charge in [-0.15, -0.1) is 0 Å². The van der Waals surface area contributed by atoms with Crippen molar-refractivity contribution in [2.45, 2.75) is 45.1 Å². The highest BCUT2D eigenvalue weighted by molar-refractivity contribution is 5.80. The number of benzene rings is 1. The summed E-state index contributed by atoms with van der Waals surface area (Å²) in [6.45, 7) is 2.83. The van der Waals surface area contributed by atoms with Gasteiger partial charge in [0.2, 0.25) is 11.9 Å². The highest BCUT2D eigenvalue weighted by atomic mass is 16.1. The third-order valence-corrected chi connectivity index (χ3v) is 5.32. The molecule has 0 saturated heterocycles. The number of hydrogen-bond donors (Lipinski definition) is 2. The molecule has 7 nitrogen and oxygen atoms in total. The molecule has 0 spiro atoms. The second-order valence-corrected chi connectivity index (χ2v) is 7.34. The van der Waals surface area contributed by atoms with Gasteiger partial charge in [0.25, 0.3) is 0 Å². The van der Waals surface area contributed by atoms with Crippen molar-refractivity contribution in [2.75, 3.05) is 11.9 Å². The third-order valence-electron chi connectivity index (χ3n) is 5.32. The number of para-hydroxylation sites is 1. The molecule has 0 unspecified atom stereocenters. The summed E-state index contributed by atoms with van der Waals surface area (Å²) in [6, 6.07) is 10.2. The minimum absolute atomic E-state index is 0.132. The van der Waals surface area contributed by atoms with Crippen LogP contribution in [0.15, 0.2) is 42.7 Å². The first-order chi connectivity index (χ1) is 13.7. The maximum absolute atomic E-state index is 12.1. The lowest BCUT2D eigenvalue weighted by Crippen LogP contribution is -2.36. The molecule has 1 aromatic carbocycles. The molecule has 0 bridgehead atoms. The normalized spacial score (nSPS) is 19.5. The summed E-state index contributed by atoms with van der Waals surface area (Å²) in [7, 11) is 0. The van der Waals surface area contributed by atoms with Gasteiger partial charge in [0.05, 0.1) is 11.7 Å². The van der Waals surface area contributed by atoms with E-state index in [0.717, 1.165) is 55.4 Å². The second kappa shape index (κ2) is 8.37. The zero-order valence-electron chi connectivity index (χ0n) is 16.1. The van der Waals surface area contributed by atoms with Gasteiger partial charge in [-0.05, 0) is 38.2 Å². The average Bonchev–Trinajstić information content (AvgIpc) is 3.17. The van der Waals surface area contributed by atoms with E-state index < -0.39 is 0 Å². The summed E-state index contributed by atoms with van der Waals surface area (Å²) < 4.78 is 1.83. The van der Waals surface area contributed by atoms with Gasteiger partial charge in [-0.1, -0.05) is 25.1 Å². The van der Waals surface area contributed by atoms with Gasteiger partial charge in [-0.25, -0.2) is 9.67 Å². The lowest BCUT2D eigenvalue weighted by Gasteiger charge is -2.28. The summed E-state index contributed by atoms with van der Waals surface area (Å²) in [6.07, 6.45) is 8.26. The van der Waals surface area contributed by atoms with Crippen molar-refractivity contribution in [3.05, 3.63) is 42.7 Å². The van der Waals surface area contributed by atoms with Crippen molar-refractivity contribution in [3.8, 4) is 5.82 Å². The molecular weight excluding hydrogens is 352 g/mol. The van der Waals surface area contributed by atoms with Crippen LogP contribution in [0.4, 0.5) is 5.95 Å². The summed E-state index contributed by atoms with van der Waals surface area (Å²) >= 11 is 0. The fourth-order valence-electron chi connectivity index (χ4n) is 3.77. The molecule has 2 heterocycles. The second-order valence-electron chi connectivity index (χ2n) is 7.34. The molecule has 1 fully saturated rings. The molecule has 7 heteroatoms. The lowest BCUT2D eigenvalue weighted by atomic mass is 9.85. The number of amides is 1. The quantitative estimate of drug-likeness (QED) is 0.687. The van der Waals surface area contributed by atoms with E-state index in [0.29, 0.717) is 12.0 Å². The number of carbonyl (C=O) groups is 1. The number of anilines is 1. The molecule has 4 rings (SSSR count). The van der Waals surface area contributed by atoms with Crippen molar-refractivity contribution >= 4 is 22.8 Å². The van der Waals surface area contributed by atoms with Crippen LogP contribution >= 0.6 is 0 Å². The van der Waals surface area contributed by atoms with Crippen LogP contribution in [0.3, 0.4) is 0 Å². The Kier molecular flexibility index (Phi) is 5.50. The first-order valence-electron chi connectivity index (χ1n) is 10.0. The summed E-state index contributed by atoms with van der Waals surface area (Å²) in [5.41, 5.74) is 1.02. The highest BCUT2D eigenvalue weighted by Crippen LogP contribution is 2.26. The lowest BCUT2D eigenvalue weighted by molar-refractivity contribution is -0.125. The molecule has 0 radical (unpaired) electrons. The molecule has 28 heavy (non-hydrogen) atoms. The molecule has 1 aliphatic rings. The van der Waals surface area contributed by atoms with Crippen molar-refractivity contribution in [1.82, 2.24) is 25.1 Å². The monoisotopic (exact) mass is 378 g/mol. The van der Waals surface area contributed by atoms with Crippen LogP contribution in [0, 0.1) is 5.92 Å². The van der Waals surface area contributed by atoms with Gasteiger partial charge < -0.3 is 10.6 Å². The molecule has 3 aromatic rings. The van der Waals surface area contributed by atoms with Gasteiger partial charge in [-0.3, -0.25) is 4.79 Å². The number of fused-ring (bicyclic) bond motifs is 1. The van der Waals surface area contributed by atoms with E-state index in [2.05, 4.69) is 32.6 Å². The topological polar surface area (TPSA) is 84.7 Å². The number of carbonyl (C=O) groups excluding carboxylic acids is 1. The summed E-state index contributed by atoms with van der Waals surface area (Å²) in [5.74, 6) is 1.68. The van der Waals surface area contributed by atoms with E-state index in [1.54, 1.807) is 6.20 Å². The van der Waals surface area contributed by atoms with E-state index in [9.17, 15) is 4.79 Å². The van der Waals surface area contributed by atoms with Crippen molar-refractivity contribution in [3.63, 3.8) is 0 Å². The highest BCUT2D eigenvalue weighted by Gasteiger charge is 2.26. The Labute approximate surface area is 164 Å². The maximum atomic E-state index is 12.1. The number of nitrogens with one attached hydrogen (secondary N) is 2. The average molecular weight is 378 g/mol. The van der Waals surface area contributed by atoms with Crippen molar-refractivity contribution in [1.29, 1.82) is 0 Å². The molecular formula is C21H26N6O. The SMILES string of the molecule is CCCNC(=O)C1CCC(Nc2nccc(-n3ncc4ccccc43)n2)CC1. The van der Waals surface area contributed by atoms with Crippen LogP contribution in [-0.4, -0.2) is 38.2 Å². The maximum Gasteiger partial charge on any atom is 0.224 e. The van der Waals surface area contributed by atoms with Gasteiger partial charge in [-0.2, -0.15) is 10.1 Å². The van der Waals surface area contributed by atoms with Crippen LogP contribution in [0.1, 0.15) is 39.0 Å². The predicted molar refractivity (Wildman–Crippen MR) is 109 cm³/mol. The van der Waals surface area contributed by atoms with Gasteiger partial charge in [0.1, 0.15) is 0 Å². The molecule has 1 saturated carbocycles. The molecule has 2 aromatic heterocycles. The van der Waals surface area contributed by atoms with E-state index in [4.69, 9.17) is 0 Å². The van der Waals surface area contributed by atoms with E-state index in [1.165, 1.54) is 0 Å². The largest absolute Gasteiger partial charge is 0.356 e. The first kappa shape index (κ1) is 18.4. The van der Waals surface area contributed by atoms with Gasteiger partial charge >= 0.3 is 0 Å². The van der Waals surface area contributed by atoms with Gasteiger partial charge in [0, 0.05) is 36.2 Å². The molecule has 0 aliphatic heterocycles. The van der Waals surface area contributed by atoms with Crippen molar-refractivity contribution in [2.24, 2.45) is 5.92 Å². The Morgan fingerprint density at radius 1 is 1.18 bits per heavy atom. The van der Waals surface area contributed by atoms with Crippen molar-refractivity contribution < 1.29 is 4.79 Å². The molecule has 0 atom stereocenters. The Hall–Kier alpha value is -2.96.